The molecule has 0 saturated heterocycles. The van der Waals surface area contributed by atoms with Crippen molar-refractivity contribution in [3.8, 4) is 0 Å². The van der Waals surface area contributed by atoms with E-state index in [1.807, 2.05) is 20.2 Å². The van der Waals surface area contributed by atoms with E-state index in [1.165, 1.54) is 12.1 Å². The summed E-state index contributed by atoms with van der Waals surface area (Å²) in [6.07, 6.45) is 1.88. The van der Waals surface area contributed by atoms with Crippen LogP contribution in [0.3, 0.4) is 0 Å². The number of allylic oxidation sites excluding steroid dienone is 1. The smallest absolute Gasteiger partial charge is 0.123 e. The van der Waals surface area contributed by atoms with E-state index in [0.717, 1.165) is 11.1 Å². The maximum absolute atomic E-state index is 12.5. The van der Waals surface area contributed by atoms with E-state index < -0.39 is 0 Å². The van der Waals surface area contributed by atoms with Crippen LogP contribution in [0, 0.1) is 5.82 Å². The minimum atomic E-state index is -0.198. The van der Waals surface area contributed by atoms with Gasteiger partial charge in [0.2, 0.25) is 0 Å². The van der Waals surface area contributed by atoms with Gasteiger partial charge in [0, 0.05) is 7.05 Å². The summed E-state index contributed by atoms with van der Waals surface area (Å²) in [5.41, 5.74) is 2.13. The Morgan fingerprint density at radius 1 is 1.33 bits per heavy atom. The molecule has 0 aliphatic rings. The quantitative estimate of drug-likeness (QED) is 0.709. The Kier molecular flexibility index (Phi) is 2.86. The van der Waals surface area contributed by atoms with E-state index in [4.69, 9.17) is 0 Å². The van der Waals surface area contributed by atoms with Gasteiger partial charge in [-0.1, -0.05) is 12.1 Å². The number of nitrogens with one attached hydrogen (secondary N) is 1. The molecule has 1 nitrogen and oxygen atoms in total. The SMILES string of the molecule is CN/C=C(\C)c1ccc(F)cc1. The van der Waals surface area contributed by atoms with Gasteiger partial charge in [0.25, 0.3) is 0 Å². The van der Waals surface area contributed by atoms with Crippen molar-refractivity contribution in [3.05, 3.63) is 41.8 Å². The highest BCUT2D eigenvalue weighted by molar-refractivity contribution is 5.62. The molecule has 1 N–H and O–H groups in total. The molecule has 64 valence electrons. The third-order valence-electron chi connectivity index (χ3n) is 1.66. The van der Waals surface area contributed by atoms with E-state index in [9.17, 15) is 4.39 Å². The molecule has 0 saturated carbocycles. The lowest BCUT2D eigenvalue weighted by Crippen LogP contribution is -1.94. The second-order valence-electron chi connectivity index (χ2n) is 2.62. The molecule has 2 heteroatoms. The lowest BCUT2D eigenvalue weighted by molar-refractivity contribution is 0.627. The second kappa shape index (κ2) is 3.90. The number of hydrogen-bond acceptors (Lipinski definition) is 1. The van der Waals surface area contributed by atoms with Gasteiger partial charge < -0.3 is 5.32 Å². The van der Waals surface area contributed by atoms with Crippen LogP contribution in [0.15, 0.2) is 30.5 Å². The molecule has 0 aliphatic carbocycles. The Morgan fingerprint density at radius 2 is 1.92 bits per heavy atom. The summed E-state index contributed by atoms with van der Waals surface area (Å²) in [7, 11) is 1.84. The first kappa shape index (κ1) is 8.78. The molecular formula is C10H12FN. The fraction of sp³-hybridized carbons (Fsp3) is 0.200. The van der Waals surface area contributed by atoms with Crippen molar-refractivity contribution in [2.24, 2.45) is 0 Å². The van der Waals surface area contributed by atoms with Crippen LogP contribution in [0.5, 0.6) is 0 Å². The van der Waals surface area contributed by atoms with Crippen LogP contribution in [-0.4, -0.2) is 7.05 Å². The molecule has 1 rings (SSSR count). The minimum Gasteiger partial charge on any atom is -0.394 e. The van der Waals surface area contributed by atoms with Gasteiger partial charge in [-0.2, -0.15) is 0 Å². The second-order valence-corrected chi connectivity index (χ2v) is 2.62. The molecule has 0 aliphatic heterocycles. The molecule has 0 radical (unpaired) electrons. The summed E-state index contributed by atoms with van der Waals surface area (Å²) in [4.78, 5) is 0. The summed E-state index contributed by atoms with van der Waals surface area (Å²) in [6.45, 7) is 1.98. The first-order chi connectivity index (χ1) is 5.74. The van der Waals surface area contributed by atoms with Crippen LogP contribution in [0.1, 0.15) is 12.5 Å². The largest absolute Gasteiger partial charge is 0.394 e. The fourth-order valence-corrected chi connectivity index (χ4v) is 1.01. The first-order valence-corrected chi connectivity index (χ1v) is 3.84. The average Bonchev–Trinajstić information content (AvgIpc) is 2.06. The van der Waals surface area contributed by atoms with Crippen molar-refractivity contribution in [1.82, 2.24) is 5.32 Å². The van der Waals surface area contributed by atoms with Crippen LogP contribution >= 0.6 is 0 Å². The van der Waals surface area contributed by atoms with Gasteiger partial charge in [0.05, 0.1) is 0 Å². The molecule has 1 aromatic carbocycles. The minimum absolute atomic E-state index is 0.198. The Bertz CT molecular complexity index is 274. The van der Waals surface area contributed by atoms with Crippen LogP contribution in [-0.2, 0) is 0 Å². The van der Waals surface area contributed by atoms with Gasteiger partial charge in [0.1, 0.15) is 5.82 Å². The van der Waals surface area contributed by atoms with E-state index in [0.29, 0.717) is 0 Å². The molecule has 12 heavy (non-hydrogen) atoms. The third-order valence-corrected chi connectivity index (χ3v) is 1.66. The number of rotatable bonds is 2. The topological polar surface area (TPSA) is 12.0 Å². The normalized spacial score (nSPS) is 11.4. The molecular weight excluding hydrogens is 153 g/mol. The Balaban J connectivity index is 2.89. The summed E-state index contributed by atoms with van der Waals surface area (Å²) < 4.78 is 12.5. The highest BCUT2D eigenvalue weighted by Crippen LogP contribution is 2.12. The van der Waals surface area contributed by atoms with Gasteiger partial charge >= 0.3 is 0 Å². The lowest BCUT2D eigenvalue weighted by atomic mass is 10.1. The third kappa shape index (κ3) is 2.09. The van der Waals surface area contributed by atoms with Crippen LogP contribution in [0.25, 0.3) is 5.57 Å². The van der Waals surface area contributed by atoms with Crippen molar-refractivity contribution < 1.29 is 4.39 Å². The van der Waals surface area contributed by atoms with Gasteiger partial charge in [-0.15, -0.1) is 0 Å². The van der Waals surface area contributed by atoms with E-state index in [-0.39, 0.29) is 5.82 Å². The van der Waals surface area contributed by atoms with Gasteiger partial charge in [-0.05, 0) is 36.4 Å². The molecule has 0 spiro atoms. The predicted octanol–water partition coefficient (Wildman–Crippen LogP) is 2.41. The summed E-state index contributed by atoms with van der Waals surface area (Å²) in [6, 6.07) is 6.45. The van der Waals surface area contributed by atoms with Crippen LogP contribution < -0.4 is 5.32 Å². The number of hydrogen-bond donors (Lipinski definition) is 1. The maximum atomic E-state index is 12.5. The van der Waals surface area contributed by atoms with Crippen molar-refractivity contribution in [1.29, 1.82) is 0 Å². The lowest BCUT2D eigenvalue weighted by Gasteiger charge is -2.00. The zero-order chi connectivity index (χ0) is 8.97. The Labute approximate surface area is 71.9 Å². The van der Waals surface area contributed by atoms with Gasteiger partial charge in [-0.25, -0.2) is 4.39 Å². The standard InChI is InChI=1S/C10H12FN/c1-8(7-12-2)9-3-5-10(11)6-4-9/h3-7,12H,1-2H3/b8-7+. The molecule has 0 bridgehead atoms. The molecule has 0 unspecified atom stereocenters. The Morgan fingerprint density at radius 3 is 2.42 bits per heavy atom. The van der Waals surface area contributed by atoms with Crippen molar-refractivity contribution >= 4 is 5.57 Å². The van der Waals surface area contributed by atoms with Gasteiger partial charge in [-0.3, -0.25) is 0 Å². The van der Waals surface area contributed by atoms with Crippen LogP contribution in [0.4, 0.5) is 4.39 Å². The number of halogens is 1. The van der Waals surface area contributed by atoms with Crippen molar-refractivity contribution in [3.63, 3.8) is 0 Å². The summed E-state index contributed by atoms with van der Waals surface area (Å²) >= 11 is 0. The molecule has 0 heterocycles. The molecule has 0 aromatic heterocycles. The van der Waals surface area contributed by atoms with E-state index >= 15 is 0 Å². The van der Waals surface area contributed by atoms with Crippen molar-refractivity contribution in [2.45, 2.75) is 6.92 Å². The predicted molar refractivity (Wildman–Crippen MR) is 49.1 cm³/mol. The molecule has 0 fully saturated rings. The molecule has 0 amide bonds. The molecule has 1 aromatic rings. The number of benzene rings is 1. The van der Waals surface area contributed by atoms with Crippen molar-refractivity contribution in [2.75, 3.05) is 7.05 Å². The first-order valence-electron chi connectivity index (χ1n) is 3.84. The maximum Gasteiger partial charge on any atom is 0.123 e. The highest BCUT2D eigenvalue weighted by atomic mass is 19.1. The van der Waals surface area contributed by atoms with Gasteiger partial charge in [0.15, 0.2) is 0 Å². The monoisotopic (exact) mass is 165 g/mol. The fourth-order valence-electron chi connectivity index (χ4n) is 1.01. The zero-order valence-electron chi connectivity index (χ0n) is 7.26. The highest BCUT2D eigenvalue weighted by Gasteiger charge is 1.94. The average molecular weight is 165 g/mol. The zero-order valence-corrected chi connectivity index (χ0v) is 7.26. The van der Waals surface area contributed by atoms with E-state index in [1.54, 1.807) is 12.1 Å². The summed E-state index contributed by atoms with van der Waals surface area (Å²) in [5.74, 6) is -0.198. The summed E-state index contributed by atoms with van der Waals surface area (Å²) in [5, 5.41) is 2.92. The molecule has 0 atom stereocenters. The van der Waals surface area contributed by atoms with E-state index in [2.05, 4.69) is 5.32 Å². The van der Waals surface area contributed by atoms with Crippen LogP contribution in [0.2, 0.25) is 0 Å². The Hall–Kier alpha value is -1.31.